The van der Waals surface area contributed by atoms with Crippen molar-refractivity contribution in [1.29, 1.82) is 0 Å². The van der Waals surface area contributed by atoms with Gasteiger partial charge in [0.1, 0.15) is 0 Å². The van der Waals surface area contributed by atoms with Gasteiger partial charge in [0.25, 0.3) is 6.43 Å². The Kier molecular flexibility index (Phi) is 2.94. The molecule has 0 bridgehead atoms. The first-order chi connectivity index (χ1) is 7.32. The minimum atomic E-state index is -5.90. The number of hydrogen-bond donors (Lipinski definition) is 1. The fourth-order valence-corrected chi connectivity index (χ4v) is 1.99. The zero-order valence-electron chi connectivity index (χ0n) is 8.33. The summed E-state index contributed by atoms with van der Waals surface area (Å²) < 4.78 is 101. The van der Waals surface area contributed by atoms with E-state index in [9.17, 15) is 35.1 Å². The molecule has 0 heterocycles. The monoisotopic (exact) mass is 272 g/mol. The Balaban J connectivity index is 3.38. The molecule has 0 aromatic heterocycles. The summed E-state index contributed by atoms with van der Waals surface area (Å²) in [4.78, 5) is 0. The lowest BCUT2D eigenvalue weighted by molar-refractivity contribution is -0.345. The molecular formula is C8H8F8O. The molecule has 3 unspecified atom stereocenters. The molecule has 1 saturated carbocycles. The second-order valence-electron chi connectivity index (χ2n) is 4.11. The molecule has 102 valence electrons. The Morgan fingerprint density at radius 3 is 1.76 bits per heavy atom. The van der Waals surface area contributed by atoms with E-state index in [0.29, 0.717) is 6.92 Å². The van der Waals surface area contributed by atoms with Gasteiger partial charge in [0.2, 0.25) is 11.3 Å². The van der Waals surface area contributed by atoms with E-state index in [1.54, 1.807) is 0 Å². The van der Waals surface area contributed by atoms with Gasteiger partial charge in [-0.05, 0) is 6.42 Å². The second kappa shape index (κ2) is 3.46. The van der Waals surface area contributed by atoms with Gasteiger partial charge in [-0.2, -0.15) is 22.0 Å². The third-order valence-electron chi connectivity index (χ3n) is 3.11. The van der Waals surface area contributed by atoms with E-state index in [2.05, 4.69) is 0 Å². The number of aliphatic hydroxyl groups is 1. The van der Waals surface area contributed by atoms with Crippen LogP contribution < -0.4 is 0 Å². The molecule has 0 aromatic carbocycles. The quantitative estimate of drug-likeness (QED) is 0.728. The van der Waals surface area contributed by atoms with Crippen molar-refractivity contribution in [3.8, 4) is 0 Å². The van der Waals surface area contributed by atoms with Gasteiger partial charge in [-0.15, -0.1) is 0 Å². The van der Waals surface area contributed by atoms with Crippen LogP contribution in [0.25, 0.3) is 0 Å². The Morgan fingerprint density at radius 1 is 1.18 bits per heavy atom. The third-order valence-corrected chi connectivity index (χ3v) is 3.11. The number of halogens is 8. The summed E-state index contributed by atoms with van der Waals surface area (Å²) >= 11 is 0. The number of rotatable bonds is 1. The van der Waals surface area contributed by atoms with Crippen LogP contribution >= 0.6 is 0 Å². The molecule has 0 amide bonds. The molecule has 17 heavy (non-hydrogen) atoms. The van der Waals surface area contributed by atoms with Crippen molar-refractivity contribution in [1.82, 2.24) is 0 Å². The van der Waals surface area contributed by atoms with E-state index in [4.69, 9.17) is 5.11 Å². The van der Waals surface area contributed by atoms with E-state index in [-0.39, 0.29) is 0 Å². The number of alkyl halides is 8. The summed E-state index contributed by atoms with van der Waals surface area (Å²) in [6, 6.07) is 0. The molecule has 0 radical (unpaired) electrons. The smallest absolute Gasteiger partial charge is 0.376 e. The van der Waals surface area contributed by atoms with Gasteiger partial charge in [0.15, 0.2) is 0 Å². The largest absolute Gasteiger partial charge is 0.423 e. The molecule has 0 aromatic rings. The minimum Gasteiger partial charge on any atom is -0.376 e. The highest BCUT2D eigenvalue weighted by atomic mass is 19.4. The Bertz CT molecular complexity index is 313. The summed E-state index contributed by atoms with van der Waals surface area (Å²) in [5.41, 5.74) is -9.47. The second-order valence-corrected chi connectivity index (χ2v) is 4.11. The van der Waals surface area contributed by atoms with Crippen molar-refractivity contribution in [2.45, 2.75) is 43.1 Å². The van der Waals surface area contributed by atoms with E-state index in [1.807, 2.05) is 0 Å². The zero-order valence-corrected chi connectivity index (χ0v) is 8.33. The van der Waals surface area contributed by atoms with Crippen LogP contribution in [0.1, 0.15) is 13.3 Å². The van der Waals surface area contributed by atoms with Gasteiger partial charge in [0.05, 0.1) is 0 Å². The van der Waals surface area contributed by atoms with Crippen LogP contribution in [0, 0.1) is 5.92 Å². The highest BCUT2D eigenvalue weighted by Crippen LogP contribution is 2.62. The molecule has 0 saturated heterocycles. The third kappa shape index (κ3) is 1.47. The molecule has 3 atom stereocenters. The van der Waals surface area contributed by atoms with Crippen LogP contribution in [0.3, 0.4) is 0 Å². The Hall–Kier alpha value is -0.600. The Morgan fingerprint density at radius 2 is 1.59 bits per heavy atom. The number of hydrogen-bond acceptors (Lipinski definition) is 1. The van der Waals surface area contributed by atoms with Crippen LogP contribution in [-0.2, 0) is 0 Å². The molecule has 1 aliphatic rings. The molecule has 1 aliphatic carbocycles. The van der Waals surface area contributed by atoms with E-state index >= 15 is 0 Å². The topological polar surface area (TPSA) is 20.2 Å². The summed E-state index contributed by atoms with van der Waals surface area (Å²) in [5, 5.41) is 8.86. The maximum Gasteiger partial charge on any atom is 0.423 e. The highest BCUT2D eigenvalue weighted by molar-refractivity contribution is 5.19. The normalized spacial score (nSPS) is 42.2. The van der Waals surface area contributed by atoms with Crippen molar-refractivity contribution in [2.24, 2.45) is 5.92 Å². The predicted molar refractivity (Wildman–Crippen MR) is 39.6 cm³/mol. The molecule has 1 nitrogen and oxygen atoms in total. The van der Waals surface area contributed by atoms with Crippen LogP contribution in [0.4, 0.5) is 35.1 Å². The van der Waals surface area contributed by atoms with Crippen LogP contribution in [-0.4, -0.2) is 34.9 Å². The summed E-state index contributed by atoms with van der Waals surface area (Å²) in [7, 11) is 0. The van der Waals surface area contributed by atoms with E-state index in [1.165, 1.54) is 0 Å². The fourth-order valence-electron chi connectivity index (χ4n) is 1.99. The van der Waals surface area contributed by atoms with Crippen molar-refractivity contribution in [2.75, 3.05) is 0 Å². The fraction of sp³-hybridized carbons (Fsp3) is 1.00. The molecular weight excluding hydrogens is 264 g/mol. The average molecular weight is 272 g/mol. The molecule has 1 fully saturated rings. The highest BCUT2D eigenvalue weighted by Gasteiger charge is 2.85. The van der Waals surface area contributed by atoms with Crippen LogP contribution in [0.2, 0.25) is 0 Å². The van der Waals surface area contributed by atoms with Gasteiger partial charge in [-0.1, -0.05) is 6.92 Å². The lowest BCUT2D eigenvalue weighted by atomic mass is 9.90. The van der Waals surface area contributed by atoms with Crippen molar-refractivity contribution >= 4 is 0 Å². The summed E-state index contributed by atoms with van der Waals surface area (Å²) in [5.74, 6) is -7.93. The summed E-state index contributed by atoms with van der Waals surface area (Å²) in [6.45, 7) is 0.476. The van der Waals surface area contributed by atoms with Gasteiger partial charge >= 0.3 is 12.1 Å². The molecule has 1 rings (SSSR count). The lowest BCUT2D eigenvalue weighted by Crippen LogP contribution is -2.63. The Labute approximate surface area is 90.4 Å². The summed E-state index contributed by atoms with van der Waals surface area (Å²) in [6.07, 6.45) is -12.0. The first-order valence-electron chi connectivity index (χ1n) is 4.46. The van der Waals surface area contributed by atoms with Crippen molar-refractivity contribution in [3.63, 3.8) is 0 Å². The first-order valence-corrected chi connectivity index (χ1v) is 4.46. The minimum absolute atomic E-state index is 0.476. The zero-order chi connectivity index (χ0) is 13.9. The van der Waals surface area contributed by atoms with Crippen molar-refractivity contribution in [3.05, 3.63) is 0 Å². The van der Waals surface area contributed by atoms with Gasteiger partial charge in [-0.3, -0.25) is 0 Å². The lowest BCUT2D eigenvalue weighted by Gasteiger charge is -2.36. The first kappa shape index (κ1) is 14.5. The standard InChI is InChI=1S/C8H8F8O/c1-3-2-5(17,8(14,15)16)7(12,13)6(3,11)4(9)10/h3-4,17H,2H2,1H3. The molecule has 0 spiro atoms. The van der Waals surface area contributed by atoms with Crippen molar-refractivity contribution < 1.29 is 40.2 Å². The van der Waals surface area contributed by atoms with Gasteiger partial charge < -0.3 is 5.11 Å². The predicted octanol–water partition coefficient (Wildman–Crippen LogP) is 2.93. The SMILES string of the molecule is CC1CC(O)(C(F)(F)F)C(F)(F)C1(F)C(F)F. The van der Waals surface area contributed by atoms with E-state index < -0.39 is 42.1 Å². The van der Waals surface area contributed by atoms with Gasteiger partial charge in [-0.25, -0.2) is 13.2 Å². The van der Waals surface area contributed by atoms with Crippen LogP contribution in [0.15, 0.2) is 0 Å². The van der Waals surface area contributed by atoms with E-state index in [0.717, 1.165) is 0 Å². The van der Waals surface area contributed by atoms with Crippen LogP contribution in [0.5, 0.6) is 0 Å². The average Bonchev–Trinajstić information content (AvgIpc) is 2.25. The maximum absolute atomic E-state index is 13.5. The maximum atomic E-state index is 13.5. The molecule has 0 aliphatic heterocycles. The molecule has 9 heteroatoms. The molecule has 1 N–H and O–H groups in total. The van der Waals surface area contributed by atoms with Gasteiger partial charge in [0, 0.05) is 5.92 Å².